The largest absolute Gasteiger partial charge is 0.468 e. The number of hydrogen-bond acceptors (Lipinski definition) is 4. The number of carbonyl (C=O) groups is 1. The molecule has 4 nitrogen and oxygen atoms in total. The van der Waals surface area contributed by atoms with Gasteiger partial charge in [0, 0.05) is 6.54 Å². The van der Waals surface area contributed by atoms with Crippen molar-refractivity contribution in [2.24, 2.45) is 0 Å². The summed E-state index contributed by atoms with van der Waals surface area (Å²) in [6.07, 6.45) is -0.767. The van der Waals surface area contributed by atoms with Crippen LogP contribution in [0.4, 0.5) is 0 Å². The lowest BCUT2D eigenvalue weighted by atomic mass is 10.1. The summed E-state index contributed by atoms with van der Waals surface area (Å²) in [5.41, 5.74) is 1.09. The van der Waals surface area contributed by atoms with Crippen LogP contribution < -0.4 is 0 Å². The van der Waals surface area contributed by atoms with E-state index in [4.69, 9.17) is 4.74 Å². The highest BCUT2D eigenvalue weighted by molar-refractivity contribution is 5.76. The molecular formula is C13H19NO3. The Labute approximate surface area is 102 Å². The third-order valence-corrected chi connectivity index (χ3v) is 2.65. The monoisotopic (exact) mass is 237 g/mol. The van der Waals surface area contributed by atoms with Crippen molar-refractivity contribution in [1.82, 2.24) is 4.90 Å². The van der Waals surface area contributed by atoms with Crippen LogP contribution in [0.25, 0.3) is 0 Å². The Balaban J connectivity index is 2.72. The van der Waals surface area contributed by atoms with Crippen LogP contribution in [0.5, 0.6) is 0 Å². The van der Waals surface area contributed by atoms with Crippen molar-refractivity contribution in [3.63, 3.8) is 0 Å². The minimum Gasteiger partial charge on any atom is -0.468 e. The van der Waals surface area contributed by atoms with Gasteiger partial charge in [-0.05, 0) is 19.5 Å². The van der Waals surface area contributed by atoms with Crippen molar-refractivity contribution < 1.29 is 14.6 Å². The van der Waals surface area contributed by atoms with Gasteiger partial charge in [0.25, 0.3) is 0 Å². The lowest BCUT2D eigenvalue weighted by molar-refractivity contribution is -0.150. The molecule has 0 spiro atoms. The van der Waals surface area contributed by atoms with E-state index in [1.807, 2.05) is 30.3 Å². The number of nitrogens with zero attached hydrogens (tertiary/aromatic N) is 1. The molecule has 1 aromatic rings. The van der Waals surface area contributed by atoms with Crippen LogP contribution in [0.2, 0.25) is 0 Å². The minimum absolute atomic E-state index is 0.418. The number of esters is 1. The van der Waals surface area contributed by atoms with E-state index in [9.17, 15) is 9.90 Å². The van der Waals surface area contributed by atoms with Crippen molar-refractivity contribution in [2.45, 2.75) is 25.6 Å². The predicted octanol–water partition coefficient (Wildman–Crippen LogP) is 1.04. The van der Waals surface area contributed by atoms with Gasteiger partial charge in [-0.3, -0.25) is 9.69 Å². The number of ether oxygens (including phenoxy) is 1. The SMILES string of the molecule is COC(=O)C(C(C)O)N(C)Cc1ccccc1. The normalized spacial score (nSPS) is 14.4. The highest BCUT2D eigenvalue weighted by Gasteiger charge is 2.28. The second-order valence-electron chi connectivity index (χ2n) is 4.11. The first-order valence-electron chi connectivity index (χ1n) is 5.56. The Hall–Kier alpha value is -1.39. The summed E-state index contributed by atoms with van der Waals surface area (Å²) >= 11 is 0. The molecule has 1 aromatic carbocycles. The summed E-state index contributed by atoms with van der Waals surface area (Å²) in [7, 11) is 3.12. The number of carbonyl (C=O) groups excluding carboxylic acids is 1. The molecule has 0 radical (unpaired) electrons. The van der Waals surface area contributed by atoms with E-state index in [0.29, 0.717) is 6.54 Å². The molecule has 2 atom stereocenters. The first-order chi connectivity index (χ1) is 8.06. The van der Waals surface area contributed by atoms with E-state index < -0.39 is 18.1 Å². The van der Waals surface area contributed by atoms with Crippen LogP contribution in [0, 0.1) is 0 Å². The Morgan fingerprint density at radius 1 is 1.41 bits per heavy atom. The maximum Gasteiger partial charge on any atom is 0.325 e. The molecule has 0 aliphatic carbocycles. The molecule has 2 unspecified atom stereocenters. The van der Waals surface area contributed by atoms with Crippen molar-refractivity contribution >= 4 is 5.97 Å². The van der Waals surface area contributed by atoms with E-state index in [0.717, 1.165) is 5.56 Å². The number of methoxy groups -OCH3 is 1. The number of aliphatic hydroxyl groups excluding tert-OH is 1. The van der Waals surface area contributed by atoms with Crippen molar-refractivity contribution in [3.8, 4) is 0 Å². The number of hydrogen-bond donors (Lipinski definition) is 1. The smallest absolute Gasteiger partial charge is 0.325 e. The molecule has 1 N–H and O–H groups in total. The van der Waals surface area contributed by atoms with Crippen LogP contribution in [-0.2, 0) is 16.1 Å². The zero-order valence-electron chi connectivity index (χ0n) is 10.5. The number of benzene rings is 1. The molecular weight excluding hydrogens is 218 g/mol. The van der Waals surface area contributed by atoms with Gasteiger partial charge in [-0.25, -0.2) is 0 Å². The lowest BCUT2D eigenvalue weighted by Crippen LogP contribution is -2.46. The van der Waals surface area contributed by atoms with Crippen LogP contribution in [0.1, 0.15) is 12.5 Å². The van der Waals surface area contributed by atoms with E-state index in [1.54, 1.807) is 18.9 Å². The average molecular weight is 237 g/mol. The number of aliphatic hydroxyl groups is 1. The maximum atomic E-state index is 11.6. The molecule has 0 fully saturated rings. The fourth-order valence-corrected chi connectivity index (χ4v) is 1.84. The topological polar surface area (TPSA) is 49.8 Å². The summed E-state index contributed by atoms with van der Waals surface area (Å²) < 4.78 is 4.69. The standard InChI is InChI=1S/C13H19NO3/c1-10(15)12(13(16)17-3)14(2)9-11-7-5-4-6-8-11/h4-8,10,12,15H,9H2,1-3H3. The van der Waals surface area contributed by atoms with Crippen molar-refractivity contribution in [1.29, 1.82) is 0 Å². The third kappa shape index (κ3) is 3.84. The van der Waals surface area contributed by atoms with Gasteiger partial charge in [0.1, 0.15) is 6.04 Å². The molecule has 0 saturated heterocycles. The molecule has 4 heteroatoms. The Morgan fingerprint density at radius 3 is 2.47 bits per heavy atom. The quantitative estimate of drug-likeness (QED) is 0.777. The fourth-order valence-electron chi connectivity index (χ4n) is 1.84. The molecule has 1 rings (SSSR count). The molecule has 94 valence electrons. The summed E-state index contributed by atoms with van der Waals surface area (Å²) in [6.45, 7) is 2.18. The highest BCUT2D eigenvalue weighted by atomic mass is 16.5. The van der Waals surface area contributed by atoms with E-state index >= 15 is 0 Å². The third-order valence-electron chi connectivity index (χ3n) is 2.65. The average Bonchev–Trinajstić information content (AvgIpc) is 2.29. The fraction of sp³-hybridized carbons (Fsp3) is 0.462. The highest BCUT2D eigenvalue weighted by Crippen LogP contribution is 2.10. The summed E-state index contributed by atoms with van der Waals surface area (Å²) in [6, 6.07) is 9.15. The van der Waals surface area contributed by atoms with Crippen LogP contribution in [0.3, 0.4) is 0 Å². The molecule has 0 aromatic heterocycles. The van der Waals surface area contributed by atoms with Gasteiger partial charge >= 0.3 is 5.97 Å². The molecule has 0 amide bonds. The lowest BCUT2D eigenvalue weighted by Gasteiger charge is -2.27. The van der Waals surface area contributed by atoms with E-state index in [-0.39, 0.29) is 0 Å². The molecule has 0 heterocycles. The molecule has 0 saturated carbocycles. The zero-order valence-corrected chi connectivity index (χ0v) is 10.5. The van der Waals surface area contributed by atoms with Gasteiger partial charge < -0.3 is 9.84 Å². The first-order valence-corrected chi connectivity index (χ1v) is 5.56. The zero-order chi connectivity index (χ0) is 12.8. The number of rotatable bonds is 5. The van der Waals surface area contributed by atoms with Gasteiger partial charge in [0.05, 0.1) is 13.2 Å². The second-order valence-corrected chi connectivity index (χ2v) is 4.11. The van der Waals surface area contributed by atoms with Crippen molar-refractivity contribution in [2.75, 3.05) is 14.2 Å². The van der Waals surface area contributed by atoms with Crippen molar-refractivity contribution in [3.05, 3.63) is 35.9 Å². The van der Waals surface area contributed by atoms with Gasteiger partial charge in [-0.2, -0.15) is 0 Å². The van der Waals surface area contributed by atoms with Gasteiger partial charge in [0.15, 0.2) is 0 Å². The van der Waals surface area contributed by atoms with Gasteiger partial charge in [0.2, 0.25) is 0 Å². The Kier molecular flexibility index (Phi) is 5.12. The summed E-state index contributed by atoms with van der Waals surface area (Å²) in [5, 5.41) is 9.62. The maximum absolute atomic E-state index is 11.6. The van der Waals surface area contributed by atoms with E-state index in [1.165, 1.54) is 7.11 Å². The minimum atomic E-state index is -0.767. The van der Waals surface area contributed by atoms with Crippen LogP contribution >= 0.6 is 0 Å². The van der Waals surface area contributed by atoms with Crippen LogP contribution in [-0.4, -0.2) is 42.3 Å². The molecule has 0 bridgehead atoms. The summed E-state index contributed by atoms with van der Waals surface area (Å²) in [5.74, 6) is -0.418. The Morgan fingerprint density at radius 2 is 2.00 bits per heavy atom. The van der Waals surface area contributed by atoms with E-state index in [2.05, 4.69) is 0 Å². The second kappa shape index (κ2) is 6.37. The molecule has 0 aliphatic rings. The van der Waals surface area contributed by atoms with Gasteiger partial charge in [-0.1, -0.05) is 30.3 Å². The predicted molar refractivity (Wildman–Crippen MR) is 65.4 cm³/mol. The molecule has 0 aliphatic heterocycles. The molecule has 17 heavy (non-hydrogen) atoms. The van der Waals surface area contributed by atoms with Crippen LogP contribution in [0.15, 0.2) is 30.3 Å². The van der Waals surface area contributed by atoms with Gasteiger partial charge in [-0.15, -0.1) is 0 Å². The summed E-state index contributed by atoms with van der Waals surface area (Å²) in [4.78, 5) is 13.3. The number of likely N-dealkylation sites (N-methyl/N-ethyl adjacent to an activating group) is 1. The Bertz CT molecular complexity index is 351. The first kappa shape index (κ1) is 13.7.